The van der Waals surface area contributed by atoms with Crippen LogP contribution in [-0.2, 0) is 0 Å². The quantitative estimate of drug-likeness (QED) is 0.781. The third kappa shape index (κ3) is 2.86. The molecule has 0 spiro atoms. The molecule has 0 aliphatic heterocycles. The molecular formula is C14H23NS. The Morgan fingerprint density at radius 1 is 1.38 bits per heavy atom. The van der Waals surface area contributed by atoms with E-state index in [4.69, 9.17) is 0 Å². The maximum atomic E-state index is 3.64. The molecule has 0 amide bonds. The summed E-state index contributed by atoms with van der Waals surface area (Å²) >= 11 is 1.96. The summed E-state index contributed by atoms with van der Waals surface area (Å²) < 4.78 is 0. The van der Waals surface area contributed by atoms with Gasteiger partial charge in [0.2, 0.25) is 0 Å². The highest BCUT2D eigenvalue weighted by atomic mass is 32.1. The SMILES string of the molecule is CCNC1CCCCC(c2sccc2C)C1. The molecule has 90 valence electrons. The highest BCUT2D eigenvalue weighted by molar-refractivity contribution is 7.10. The Bertz CT molecular complexity index is 318. The lowest BCUT2D eigenvalue weighted by molar-refractivity contribution is 0.451. The van der Waals surface area contributed by atoms with Crippen molar-refractivity contribution < 1.29 is 0 Å². The second-order valence-corrected chi connectivity index (χ2v) is 5.89. The first-order valence-corrected chi connectivity index (χ1v) is 7.46. The van der Waals surface area contributed by atoms with Gasteiger partial charge in [0.15, 0.2) is 0 Å². The van der Waals surface area contributed by atoms with E-state index in [0.717, 1.165) is 18.5 Å². The monoisotopic (exact) mass is 237 g/mol. The van der Waals surface area contributed by atoms with Crippen LogP contribution in [0.5, 0.6) is 0 Å². The number of hydrogen-bond donors (Lipinski definition) is 1. The van der Waals surface area contributed by atoms with Crippen molar-refractivity contribution in [1.29, 1.82) is 0 Å². The molecule has 16 heavy (non-hydrogen) atoms. The third-order valence-electron chi connectivity index (χ3n) is 3.69. The molecule has 1 heterocycles. The normalized spacial score (nSPS) is 26.6. The molecule has 1 saturated carbocycles. The Labute approximate surface area is 103 Å². The summed E-state index contributed by atoms with van der Waals surface area (Å²) in [6.45, 7) is 5.59. The van der Waals surface area contributed by atoms with Gasteiger partial charge in [0.1, 0.15) is 0 Å². The van der Waals surface area contributed by atoms with Crippen molar-refractivity contribution in [2.75, 3.05) is 6.54 Å². The zero-order chi connectivity index (χ0) is 11.4. The predicted molar refractivity (Wildman–Crippen MR) is 72.3 cm³/mol. The van der Waals surface area contributed by atoms with E-state index in [2.05, 4.69) is 30.6 Å². The maximum absolute atomic E-state index is 3.64. The van der Waals surface area contributed by atoms with Gasteiger partial charge < -0.3 is 5.32 Å². The molecule has 0 aromatic carbocycles. The Balaban J connectivity index is 2.05. The van der Waals surface area contributed by atoms with Crippen LogP contribution in [0.4, 0.5) is 0 Å². The summed E-state index contributed by atoms with van der Waals surface area (Å²) in [5.41, 5.74) is 1.51. The van der Waals surface area contributed by atoms with Crippen LogP contribution in [0.1, 0.15) is 55.4 Å². The maximum Gasteiger partial charge on any atom is 0.0106 e. The van der Waals surface area contributed by atoms with Crippen LogP contribution in [0, 0.1) is 6.92 Å². The van der Waals surface area contributed by atoms with Gasteiger partial charge in [-0.25, -0.2) is 0 Å². The van der Waals surface area contributed by atoms with Gasteiger partial charge in [0.25, 0.3) is 0 Å². The van der Waals surface area contributed by atoms with E-state index in [-0.39, 0.29) is 0 Å². The standard InChI is InChI=1S/C14H23NS/c1-3-15-13-7-5-4-6-12(10-13)14-11(2)8-9-16-14/h8-9,12-13,15H,3-7,10H2,1-2H3. The Morgan fingerprint density at radius 3 is 2.88 bits per heavy atom. The van der Waals surface area contributed by atoms with Crippen molar-refractivity contribution in [2.24, 2.45) is 0 Å². The molecule has 0 radical (unpaired) electrons. The fourth-order valence-electron chi connectivity index (χ4n) is 2.88. The molecule has 1 aliphatic carbocycles. The minimum absolute atomic E-state index is 0.749. The van der Waals surface area contributed by atoms with E-state index in [0.29, 0.717) is 0 Å². The number of hydrogen-bond acceptors (Lipinski definition) is 2. The summed E-state index contributed by atoms with van der Waals surface area (Å²) in [7, 11) is 0. The average molecular weight is 237 g/mol. The first-order chi connectivity index (χ1) is 7.81. The Hall–Kier alpha value is -0.340. The molecule has 2 heteroatoms. The number of aryl methyl sites for hydroxylation is 1. The van der Waals surface area contributed by atoms with Crippen LogP contribution < -0.4 is 5.32 Å². The van der Waals surface area contributed by atoms with Crippen molar-refractivity contribution in [2.45, 2.75) is 57.9 Å². The minimum atomic E-state index is 0.749. The van der Waals surface area contributed by atoms with E-state index in [1.165, 1.54) is 37.7 Å². The Morgan fingerprint density at radius 2 is 2.19 bits per heavy atom. The van der Waals surface area contributed by atoms with Gasteiger partial charge in [0.05, 0.1) is 0 Å². The molecule has 2 atom stereocenters. The molecular weight excluding hydrogens is 214 g/mol. The van der Waals surface area contributed by atoms with E-state index in [1.54, 1.807) is 4.88 Å². The molecule has 1 aliphatic rings. The molecule has 0 bridgehead atoms. The minimum Gasteiger partial charge on any atom is -0.314 e. The lowest BCUT2D eigenvalue weighted by atomic mass is 9.94. The van der Waals surface area contributed by atoms with E-state index in [9.17, 15) is 0 Å². The predicted octanol–water partition coefficient (Wildman–Crippen LogP) is 4.08. The fourth-order valence-corrected chi connectivity index (χ4v) is 3.95. The van der Waals surface area contributed by atoms with E-state index < -0.39 is 0 Å². The number of nitrogens with one attached hydrogen (secondary N) is 1. The average Bonchev–Trinajstić information content (AvgIpc) is 2.56. The lowest BCUT2D eigenvalue weighted by Crippen LogP contribution is -2.29. The molecule has 1 aromatic heterocycles. The van der Waals surface area contributed by atoms with Gasteiger partial charge in [-0.1, -0.05) is 19.8 Å². The lowest BCUT2D eigenvalue weighted by Gasteiger charge is -2.20. The van der Waals surface area contributed by atoms with Gasteiger partial charge >= 0.3 is 0 Å². The Kier molecular flexibility index (Phi) is 4.42. The zero-order valence-electron chi connectivity index (χ0n) is 10.5. The second-order valence-electron chi connectivity index (χ2n) is 4.94. The van der Waals surface area contributed by atoms with E-state index >= 15 is 0 Å². The van der Waals surface area contributed by atoms with Crippen LogP contribution in [0.25, 0.3) is 0 Å². The summed E-state index contributed by atoms with van der Waals surface area (Å²) in [6.07, 6.45) is 6.91. The third-order valence-corrected chi connectivity index (χ3v) is 4.87. The highest BCUT2D eigenvalue weighted by Gasteiger charge is 2.22. The largest absolute Gasteiger partial charge is 0.314 e. The van der Waals surface area contributed by atoms with Crippen LogP contribution in [-0.4, -0.2) is 12.6 Å². The van der Waals surface area contributed by atoms with Gasteiger partial charge in [-0.15, -0.1) is 11.3 Å². The van der Waals surface area contributed by atoms with Crippen molar-refractivity contribution in [3.8, 4) is 0 Å². The molecule has 1 aromatic rings. The molecule has 0 saturated heterocycles. The summed E-state index contributed by atoms with van der Waals surface area (Å²) in [4.78, 5) is 1.64. The van der Waals surface area contributed by atoms with Gasteiger partial charge in [-0.05, 0) is 55.7 Å². The molecule has 2 unspecified atom stereocenters. The first-order valence-electron chi connectivity index (χ1n) is 6.58. The topological polar surface area (TPSA) is 12.0 Å². The smallest absolute Gasteiger partial charge is 0.0106 e. The highest BCUT2D eigenvalue weighted by Crippen LogP contribution is 2.36. The van der Waals surface area contributed by atoms with Gasteiger partial charge in [-0.2, -0.15) is 0 Å². The fraction of sp³-hybridized carbons (Fsp3) is 0.714. The summed E-state index contributed by atoms with van der Waals surface area (Å²) in [5, 5.41) is 5.89. The van der Waals surface area contributed by atoms with E-state index in [1.807, 2.05) is 11.3 Å². The summed E-state index contributed by atoms with van der Waals surface area (Å²) in [5.74, 6) is 0.812. The van der Waals surface area contributed by atoms with Crippen molar-refractivity contribution in [3.05, 3.63) is 21.9 Å². The molecule has 2 rings (SSSR count). The van der Waals surface area contributed by atoms with Crippen molar-refractivity contribution in [3.63, 3.8) is 0 Å². The first kappa shape index (κ1) is 12.1. The van der Waals surface area contributed by atoms with Crippen LogP contribution in [0.3, 0.4) is 0 Å². The van der Waals surface area contributed by atoms with Crippen LogP contribution >= 0.6 is 11.3 Å². The van der Waals surface area contributed by atoms with Crippen molar-refractivity contribution in [1.82, 2.24) is 5.32 Å². The molecule has 1 N–H and O–H groups in total. The van der Waals surface area contributed by atoms with Crippen molar-refractivity contribution >= 4 is 11.3 Å². The number of thiophene rings is 1. The number of rotatable bonds is 3. The van der Waals surface area contributed by atoms with Crippen LogP contribution in [0.15, 0.2) is 11.4 Å². The summed E-state index contributed by atoms with van der Waals surface area (Å²) in [6, 6.07) is 3.02. The van der Waals surface area contributed by atoms with Gasteiger partial charge in [-0.3, -0.25) is 0 Å². The molecule has 1 fully saturated rings. The second kappa shape index (κ2) is 5.83. The molecule has 1 nitrogen and oxygen atoms in total. The van der Waals surface area contributed by atoms with Gasteiger partial charge in [0, 0.05) is 10.9 Å². The van der Waals surface area contributed by atoms with Crippen LogP contribution in [0.2, 0.25) is 0 Å². The zero-order valence-corrected chi connectivity index (χ0v) is 11.3.